The number of allylic oxidation sites excluding steroid dienone is 6. The van der Waals surface area contributed by atoms with E-state index in [-0.39, 0.29) is 0 Å². The van der Waals surface area contributed by atoms with Gasteiger partial charge in [0.1, 0.15) is 0 Å². The van der Waals surface area contributed by atoms with Crippen LogP contribution in [0.25, 0.3) is 5.57 Å². The Hall–Kier alpha value is -2.78. The number of fused-ring (bicyclic) bond motifs is 2. The van der Waals surface area contributed by atoms with Crippen molar-refractivity contribution >= 4 is 5.57 Å². The van der Waals surface area contributed by atoms with E-state index in [4.69, 9.17) is 0 Å². The highest BCUT2D eigenvalue weighted by molar-refractivity contribution is 5.79. The van der Waals surface area contributed by atoms with Crippen molar-refractivity contribution in [2.75, 3.05) is 0 Å². The van der Waals surface area contributed by atoms with Crippen LogP contribution in [0, 0.1) is 23.7 Å². The van der Waals surface area contributed by atoms with Gasteiger partial charge in [-0.3, -0.25) is 0 Å². The zero-order valence-electron chi connectivity index (χ0n) is 12.9. The van der Waals surface area contributed by atoms with Crippen LogP contribution < -0.4 is 0 Å². The summed E-state index contributed by atoms with van der Waals surface area (Å²) in [6.07, 6.45) is 10.1. The van der Waals surface area contributed by atoms with E-state index in [0.29, 0.717) is 11.8 Å². The second-order valence-corrected chi connectivity index (χ2v) is 6.03. The Morgan fingerprint density at radius 1 is 0.696 bits per heavy atom. The van der Waals surface area contributed by atoms with Gasteiger partial charge in [0.25, 0.3) is 0 Å². The number of rotatable bonds is 1. The van der Waals surface area contributed by atoms with Crippen LogP contribution in [0.15, 0.2) is 90.5 Å². The first-order valence-corrected chi connectivity index (χ1v) is 8.13. The molecule has 2 aliphatic carbocycles. The lowest BCUT2D eigenvalue weighted by Crippen LogP contribution is -1.95. The summed E-state index contributed by atoms with van der Waals surface area (Å²) in [5.41, 5.74) is 5.06. The minimum absolute atomic E-state index is 0.432. The normalized spacial score (nSPS) is 21.7. The first kappa shape index (κ1) is 13.9. The van der Waals surface area contributed by atoms with Crippen molar-refractivity contribution in [3.63, 3.8) is 0 Å². The molecule has 2 aromatic rings. The highest BCUT2D eigenvalue weighted by atomic mass is 14.3. The maximum Gasteiger partial charge on any atom is 0.0248 e. The van der Waals surface area contributed by atoms with Gasteiger partial charge in [0, 0.05) is 23.0 Å². The summed E-state index contributed by atoms with van der Waals surface area (Å²) in [7, 11) is 0. The lowest BCUT2D eigenvalue weighted by Gasteiger charge is -2.11. The SMILES string of the molecule is C(#Cc1ccccc1)C1=C(c2ccccc2)C2C=CC=CC1C2. The number of benzene rings is 2. The predicted octanol–water partition coefficient (Wildman–Crippen LogP) is 5.25. The molecular weight excluding hydrogens is 276 g/mol. The van der Waals surface area contributed by atoms with Gasteiger partial charge >= 0.3 is 0 Å². The van der Waals surface area contributed by atoms with Crippen LogP contribution >= 0.6 is 0 Å². The molecule has 0 saturated carbocycles. The lowest BCUT2D eigenvalue weighted by molar-refractivity contribution is 0.680. The molecule has 0 heteroatoms. The molecule has 23 heavy (non-hydrogen) atoms. The van der Waals surface area contributed by atoms with Crippen LogP contribution in [0.4, 0.5) is 0 Å². The van der Waals surface area contributed by atoms with E-state index in [9.17, 15) is 0 Å². The van der Waals surface area contributed by atoms with Crippen molar-refractivity contribution in [2.24, 2.45) is 11.8 Å². The third-order valence-corrected chi connectivity index (χ3v) is 4.54. The maximum atomic E-state index is 3.49. The minimum Gasteiger partial charge on any atom is -0.0769 e. The molecule has 0 spiro atoms. The number of hydrogen-bond acceptors (Lipinski definition) is 0. The van der Waals surface area contributed by atoms with Crippen LogP contribution in [-0.4, -0.2) is 0 Å². The van der Waals surface area contributed by atoms with Crippen LogP contribution in [0.3, 0.4) is 0 Å². The Labute approximate surface area is 137 Å². The van der Waals surface area contributed by atoms with Crippen LogP contribution in [-0.2, 0) is 0 Å². The zero-order valence-corrected chi connectivity index (χ0v) is 12.9. The first-order chi connectivity index (χ1) is 11.4. The highest BCUT2D eigenvalue weighted by Gasteiger charge is 2.31. The summed E-state index contributed by atoms with van der Waals surface area (Å²) in [4.78, 5) is 0. The third kappa shape index (κ3) is 2.79. The second kappa shape index (κ2) is 6.15. The van der Waals surface area contributed by atoms with Crippen LogP contribution in [0.5, 0.6) is 0 Å². The molecule has 2 aliphatic rings. The van der Waals surface area contributed by atoms with Gasteiger partial charge in [-0.05, 0) is 29.7 Å². The van der Waals surface area contributed by atoms with Gasteiger partial charge < -0.3 is 0 Å². The molecule has 4 rings (SSSR count). The summed E-state index contributed by atoms with van der Waals surface area (Å²) >= 11 is 0. The van der Waals surface area contributed by atoms with Crippen LogP contribution in [0.1, 0.15) is 17.5 Å². The molecule has 0 saturated heterocycles. The smallest absolute Gasteiger partial charge is 0.0248 e. The van der Waals surface area contributed by atoms with Gasteiger partial charge in [-0.1, -0.05) is 84.7 Å². The average molecular weight is 294 g/mol. The highest BCUT2D eigenvalue weighted by Crippen LogP contribution is 2.44. The first-order valence-electron chi connectivity index (χ1n) is 8.13. The average Bonchev–Trinajstić information content (AvgIpc) is 2.77. The Morgan fingerprint density at radius 2 is 1.35 bits per heavy atom. The van der Waals surface area contributed by atoms with E-state index >= 15 is 0 Å². The van der Waals surface area contributed by atoms with E-state index < -0.39 is 0 Å². The fraction of sp³-hybridized carbons (Fsp3) is 0.130. The Bertz CT molecular complexity index is 839. The van der Waals surface area contributed by atoms with Crippen molar-refractivity contribution in [3.05, 3.63) is 102 Å². The molecular formula is C23H18. The molecule has 110 valence electrons. The van der Waals surface area contributed by atoms with Gasteiger partial charge in [0.2, 0.25) is 0 Å². The van der Waals surface area contributed by atoms with Gasteiger partial charge in [0.15, 0.2) is 0 Å². The summed E-state index contributed by atoms with van der Waals surface area (Å²) in [5, 5.41) is 0. The fourth-order valence-electron chi connectivity index (χ4n) is 3.46. The van der Waals surface area contributed by atoms with E-state index in [2.05, 4.69) is 78.6 Å². The summed E-state index contributed by atoms with van der Waals surface area (Å²) in [5.74, 6) is 7.75. The fourth-order valence-corrected chi connectivity index (χ4v) is 3.46. The Kier molecular flexibility index (Phi) is 3.70. The van der Waals surface area contributed by atoms with E-state index in [0.717, 1.165) is 12.0 Å². The lowest BCUT2D eigenvalue weighted by atomic mass is 9.93. The molecule has 2 atom stereocenters. The molecule has 0 heterocycles. The Morgan fingerprint density at radius 3 is 2.09 bits per heavy atom. The van der Waals surface area contributed by atoms with Gasteiger partial charge in [0.05, 0.1) is 0 Å². The second-order valence-electron chi connectivity index (χ2n) is 6.03. The van der Waals surface area contributed by atoms with Gasteiger partial charge in [-0.2, -0.15) is 0 Å². The van der Waals surface area contributed by atoms with Crippen molar-refractivity contribution in [1.82, 2.24) is 0 Å². The van der Waals surface area contributed by atoms with Gasteiger partial charge in [-0.15, -0.1) is 0 Å². The molecule has 0 aliphatic heterocycles. The minimum atomic E-state index is 0.432. The molecule has 0 radical (unpaired) electrons. The van der Waals surface area contributed by atoms with E-state index in [1.165, 1.54) is 16.7 Å². The predicted molar refractivity (Wildman–Crippen MR) is 96.6 cm³/mol. The molecule has 0 N–H and O–H groups in total. The molecule has 2 unspecified atom stereocenters. The third-order valence-electron chi connectivity index (χ3n) is 4.54. The molecule has 0 amide bonds. The standard InChI is InChI=1S/C23H18/c1-3-9-18(10-4-1)15-16-22-20-13-7-8-14-21(17-20)23(22)19-11-5-2-6-12-19/h1-14,20-21H,17H2. The van der Waals surface area contributed by atoms with Crippen molar-refractivity contribution in [3.8, 4) is 11.8 Å². The van der Waals surface area contributed by atoms with Crippen LogP contribution in [0.2, 0.25) is 0 Å². The van der Waals surface area contributed by atoms with E-state index in [1.807, 2.05) is 18.2 Å². The Balaban J connectivity index is 1.83. The molecule has 0 nitrogen and oxygen atoms in total. The molecule has 2 bridgehead atoms. The van der Waals surface area contributed by atoms with Crippen molar-refractivity contribution < 1.29 is 0 Å². The summed E-state index contributed by atoms with van der Waals surface area (Å²) in [6, 6.07) is 20.9. The molecule has 0 aromatic heterocycles. The maximum absolute atomic E-state index is 3.49. The summed E-state index contributed by atoms with van der Waals surface area (Å²) in [6.45, 7) is 0. The van der Waals surface area contributed by atoms with Gasteiger partial charge in [-0.25, -0.2) is 0 Å². The molecule has 2 aromatic carbocycles. The number of hydrogen-bond donors (Lipinski definition) is 0. The largest absolute Gasteiger partial charge is 0.0769 e. The monoisotopic (exact) mass is 294 g/mol. The van der Waals surface area contributed by atoms with Crippen molar-refractivity contribution in [2.45, 2.75) is 6.42 Å². The molecule has 0 fully saturated rings. The zero-order chi connectivity index (χ0) is 15.5. The quantitative estimate of drug-likeness (QED) is 0.630. The van der Waals surface area contributed by atoms with Crippen molar-refractivity contribution in [1.29, 1.82) is 0 Å². The topological polar surface area (TPSA) is 0 Å². The van der Waals surface area contributed by atoms with E-state index in [1.54, 1.807) is 0 Å². The summed E-state index contributed by atoms with van der Waals surface area (Å²) < 4.78 is 0.